The first kappa shape index (κ1) is 14.7. The molecule has 0 saturated carbocycles. The first-order valence-electron chi connectivity index (χ1n) is 7.94. The summed E-state index contributed by atoms with van der Waals surface area (Å²) in [5, 5.41) is 3.01. The number of pyridine rings is 1. The average molecular weight is 292 g/mol. The summed E-state index contributed by atoms with van der Waals surface area (Å²) in [6, 6.07) is 2.43. The Labute approximate surface area is 126 Å². The van der Waals surface area contributed by atoms with Gasteiger partial charge in [0.1, 0.15) is 0 Å². The van der Waals surface area contributed by atoms with E-state index in [1.165, 1.54) is 19.4 Å². The molecular weight excluding hydrogens is 267 g/mol. The second-order valence-corrected chi connectivity index (χ2v) is 6.32. The van der Waals surface area contributed by atoms with Gasteiger partial charge in [-0.15, -0.1) is 0 Å². The van der Waals surface area contributed by atoms with Crippen molar-refractivity contribution < 1.29 is 4.39 Å². The summed E-state index contributed by atoms with van der Waals surface area (Å²) in [6.07, 6.45) is 5.34. The second-order valence-electron chi connectivity index (χ2n) is 6.32. The minimum Gasteiger partial charge on any atom is -0.354 e. The van der Waals surface area contributed by atoms with E-state index in [2.05, 4.69) is 27.1 Å². The van der Waals surface area contributed by atoms with E-state index in [1.807, 2.05) is 7.05 Å². The fourth-order valence-corrected chi connectivity index (χ4v) is 3.86. The standard InChI is InChI=1S/C16H25FN4/c1-18-10-12-5-7-19-16(15(12)17)21-9-6-14-13(11-21)4-3-8-20(14)2/h5,7,13-14,18H,3-4,6,8-11H2,1-2H3. The van der Waals surface area contributed by atoms with Crippen molar-refractivity contribution >= 4 is 5.82 Å². The largest absolute Gasteiger partial charge is 0.354 e. The molecule has 0 bridgehead atoms. The highest BCUT2D eigenvalue weighted by molar-refractivity contribution is 5.44. The first-order valence-corrected chi connectivity index (χ1v) is 7.94. The molecule has 3 rings (SSSR count). The van der Waals surface area contributed by atoms with Gasteiger partial charge in [0.2, 0.25) is 0 Å². The van der Waals surface area contributed by atoms with Crippen LogP contribution in [0.4, 0.5) is 10.2 Å². The quantitative estimate of drug-likeness (QED) is 0.921. The first-order chi connectivity index (χ1) is 10.2. The lowest BCUT2D eigenvalue weighted by Gasteiger charge is -2.46. The van der Waals surface area contributed by atoms with Crippen molar-refractivity contribution in [2.24, 2.45) is 5.92 Å². The van der Waals surface area contributed by atoms with Crippen molar-refractivity contribution in [2.75, 3.05) is 38.6 Å². The molecule has 2 atom stereocenters. The van der Waals surface area contributed by atoms with Crippen molar-refractivity contribution in [3.8, 4) is 0 Å². The van der Waals surface area contributed by atoms with Crippen molar-refractivity contribution in [1.82, 2.24) is 15.2 Å². The third-order valence-electron chi connectivity index (χ3n) is 4.96. The van der Waals surface area contributed by atoms with Gasteiger partial charge >= 0.3 is 0 Å². The van der Waals surface area contributed by atoms with Crippen LogP contribution in [0.3, 0.4) is 0 Å². The zero-order chi connectivity index (χ0) is 14.8. The van der Waals surface area contributed by atoms with E-state index < -0.39 is 0 Å². The van der Waals surface area contributed by atoms with Crippen LogP contribution in [0.2, 0.25) is 0 Å². The van der Waals surface area contributed by atoms with E-state index in [1.54, 1.807) is 12.3 Å². The lowest BCUT2D eigenvalue weighted by atomic mass is 9.84. The van der Waals surface area contributed by atoms with E-state index in [4.69, 9.17) is 0 Å². The number of anilines is 1. The number of hydrogen-bond acceptors (Lipinski definition) is 4. The Hall–Kier alpha value is -1.20. The minimum absolute atomic E-state index is 0.158. The lowest BCUT2D eigenvalue weighted by Crippen LogP contribution is -2.53. The third kappa shape index (κ3) is 2.90. The maximum Gasteiger partial charge on any atom is 0.170 e. The normalized spacial score (nSPS) is 26.7. The van der Waals surface area contributed by atoms with Gasteiger partial charge in [0, 0.05) is 37.4 Å². The Morgan fingerprint density at radius 1 is 1.38 bits per heavy atom. The van der Waals surface area contributed by atoms with E-state index in [0.29, 0.717) is 29.9 Å². The zero-order valence-corrected chi connectivity index (χ0v) is 13.0. The van der Waals surface area contributed by atoms with E-state index >= 15 is 0 Å². The van der Waals surface area contributed by atoms with Crippen LogP contribution in [0.5, 0.6) is 0 Å². The molecule has 1 aromatic heterocycles. The highest BCUT2D eigenvalue weighted by Gasteiger charge is 2.35. The predicted molar refractivity (Wildman–Crippen MR) is 82.9 cm³/mol. The van der Waals surface area contributed by atoms with Crippen LogP contribution in [-0.2, 0) is 6.54 Å². The summed E-state index contributed by atoms with van der Waals surface area (Å²) in [7, 11) is 4.06. The molecule has 2 aliphatic heterocycles. The highest BCUT2D eigenvalue weighted by Crippen LogP contribution is 2.32. The van der Waals surface area contributed by atoms with Crippen LogP contribution in [0.15, 0.2) is 12.3 Å². The summed E-state index contributed by atoms with van der Waals surface area (Å²) < 4.78 is 14.6. The number of hydrogen-bond donors (Lipinski definition) is 1. The van der Waals surface area contributed by atoms with Gasteiger partial charge in [-0.25, -0.2) is 9.37 Å². The Bertz CT molecular complexity index is 493. The van der Waals surface area contributed by atoms with Crippen LogP contribution >= 0.6 is 0 Å². The average Bonchev–Trinajstić information content (AvgIpc) is 2.49. The molecule has 0 spiro atoms. The minimum atomic E-state index is -0.158. The van der Waals surface area contributed by atoms with Gasteiger partial charge in [-0.1, -0.05) is 0 Å². The number of fused-ring (bicyclic) bond motifs is 1. The monoisotopic (exact) mass is 292 g/mol. The summed E-state index contributed by atoms with van der Waals surface area (Å²) in [4.78, 5) is 8.94. The van der Waals surface area contributed by atoms with Crippen LogP contribution in [-0.4, -0.2) is 49.7 Å². The van der Waals surface area contributed by atoms with Crippen LogP contribution in [0.25, 0.3) is 0 Å². The molecule has 0 radical (unpaired) electrons. The fraction of sp³-hybridized carbons (Fsp3) is 0.688. The molecule has 0 aromatic carbocycles. The molecule has 5 heteroatoms. The Balaban J connectivity index is 1.78. The Morgan fingerprint density at radius 3 is 3.05 bits per heavy atom. The van der Waals surface area contributed by atoms with Gasteiger partial charge in [-0.05, 0) is 51.9 Å². The molecule has 0 aliphatic carbocycles. The third-order valence-corrected chi connectivity index (χ3v) is 4.96. The van der Waals surface area contributed by atoms with Crippen LogP contribution in [0, 0.1) is 11.7 Å². The molecule has 1 N–H and O–H groups in total. The number of likely N-dealkylation sites (tertiary alicyclic amines) is 1. The maximum absolute atomic E-state index is 14.6. The molecule has 2 aliphatic rings. The number of nitrogens with zero attached hydrogens (tertiary/aromatic N) is 3. The molecule has 3 heterocycles. The Kier molecular flexibility index (Phi) is 4.40. The summed E-state index contributed by atoms with van der Waals surface area (Å²) in [5.74, 6) is 1.02. The lowest BCUT2D eigenvalue weighted by molar-refractivity contribution is 0.102. The molecular formula is C16H25FN4. The number of halogens is 1. The van der Waals surface area contributed by atoms with Crippen molar-refractivity contribution in [1.29, 1.82) is 0 Å². The van der Waals surface area contributed by atoms with Gasteiger partial charge in [0.25, 0.3) is 0 Å². The predicted octanol–water partition coefficient (Wildman–Crippen LogP) is 1.86. The van der Waals surface area contributed by atoms with Crippen molar-refractivity contribution in [2.45, 2.75) is 31.8 Å². The zero-order valence-electron chi connectivity index (χ0n) is 13.0. The van der Waals surface area contributed by atoms with Gasteiger partial charge in [0.05, 0.1) is 0 Å². The number of rotatable bonds is 3. The Morgan fingerprint density at radius 2 is 2.24 bits per heavy atom. The van der Waals surface area contributed by atoms with Crippen molar-refractivity contribution in [3.05, 3.63) is 23.6 Å². The summed E-state index contributed by atoms with van der Waals surface area (Å²) in [5.41, 5.74) is 0.699. The molecule has 2 saturated heterocycles. The van der Waals surface area contributed by atoms with E-state index in [0.717, 1.165) is 19.5 Å². The van der Waals surface area contributed by atoms with E-state index in [9.17, 15) is 4.39 Å². The van der Waals surface area contributed by atoms with E-state index in [-0.39, 0.29) is 5.82 Å². The SMILES string of the molecule is CNCc1ccnc(N2CCC3C(CCCN3C)C2)c1F. The molecule has 2 unspecified atom stereocenters. The number of aromatic nitrogens is 1. The van der Waals surface area contributed by atoms with Gasteiger partial charge < -0.3 is 15.1 Å². The number of nitrogens with one attached hydrogen (secondary N) is 1. The van der Waals surface area contributed by atoms with Gasteiger partial charge in [-0.2, -0.15) is 0 Å². The summed E-state index contributed by atoms with van der Waals surface area (Å²) >= 11 is 0. The smallest absolute Gasteiger partial charge is 0.170 e. The number of piperidine rings is 2. The molecule has 1 aromatic rings. The fourth-order valence-electron chi connectivity index (χ4n) is 3.86. The highest BCUT2D eigenvalue weighted by atomic mass is 19.1. The topological polar surface area (TPSA) is 31.4 Å². The molecule has 116 valence electrons. The van der Waals surface area contributed by atoms with Gasteiger partial charge in [-0.3, -0.25) is 0 Å². The second kappa shape index (κ2) is 6.28. The van der Waals surface area contributed by atoms with Gasteiger partial charge in [0.15, 0.2) is 11.6 Å². The molecule has 2 fully saturated rings. The molecule has 4 nitrogen and oxygen atoms in total. The maximum atomic E-state index is 14.6. The summed E-state index contributed by atoms with van der Waals surface area (Å²) in [6.45, 7) is 3.58. The van der Waals surface area contributed by atoms with Crippen molar-refractivity contribution in [3.63, 3.8) is 0 Å². The van der Waals surface area contributed by atoms with Crippen LogP contribution in [0.1, 0.15) is 24.8 Å². The van der Waals surface area contributed by atoms with Crippen LogP contribution < -0.4 is 10.2 Å². The molecule has 0 amide bonds. The molecule has 21 heavy (non-hydrogen) atoms.